The Balaban J connectivity index is 1.39. The summed E-state index contributed by atoms with van der Waals surface area (Å²) in [5.41, 5.74) is 9.74. The number of aromatic amines is 1. The topological polar surface area (TPSA) is 82.3 Å². The monoisotopic (exact) mass is 361 g/mol. The molecular weight excluding hydrogens is 338 g/mol. The zero-order chi connectivity index (χ0) is 18.6. The van der Waals surface area contributed by atoms with Gasteiger partial charge in [-0.2, -0.15) is 0 Å². The predicted octanol–water partition coefficient (Wildman–Crippen LogP) is 2.72. The minimum atomic E-state index is -0.597. The maximum atomic E-state index is 13.0. The van der Waals surface area contributed by atoms with Gasteiger partial charge in [-0.05, 0) is 36.1 Å². The van der Waals surface area contributed by atoms with Gasteiger partial charge in [0.1, 0.15) is 5.69 Å². The molecule has 2 heterocycles. The first-order chi connectivity index (χ1) is 13.1. The number of carbonyl (C=O) groups is 1. The Morgan fingerprint density at radius 1 is 1.11 bits per heavy atom. The zero-order valence-corrected chi connectivity index (χ0v) is 15.1. The van der Waals surface area contributed by atoms with Crippen LogP contribution in [0.3, 0.4) is 0 Å². The smallest absolute Gasteiger partial charge is 0.270 e. The molecule has 1 aliphatic carbocycles. The van der Waals surface area contributed by atoms with Crippen molar-refractivity contribution in [2.75, 3.05) is 13.1 Å². The Labute approximate surface area is 157 Å². The third-order valence-corrected chi connectivity index (χ3v) is 6.47. The van der Waals surface area contributed by atoms with Crippen LogP contribution in [0.1, 0.15) is 40.5 Å². The lowest BCUT2D eigenvalue weighted by atomic mass is 9.72. The van der Waals surface area contributed by atoms with Crippen molar-refractivity contribution in [1.29, 1.82) is 0 Å². The Kier molecular flexibility index (Phi) is 3.64. The van der Waals surface area contributed by atoms with E-state index in [1.807, 2.05) is 53.4 Å². The van der Waals surface area contributed by atoms with Crippen molar-refractivity contribution in [3.8, 4) is 0 Å². The summed E-state index contributed by atoms with van der Waals surface area (Å²) < 4.78 is 0. The lowest BCUT2D eigenvalue weighted by molar-refractivity contribution is 0.0260. The van der Waals surface area contributed by atoms with Crippen molar-refractivity contribution in [3.05, 3.63) is 71.4 Å². The van der Waals surface area contributed by atoms with Crippen LogP contribution in [0.2, 0.25) is 0 Å². The summed E-state index contributed by atoms with van der Waals surface area (Å²) in [5, 5.41) is 11.9. The van der Waals surface area contributed by atoms with Crippen molar-refractivity contribution in [2.45, 2.75) is 30.4 Å². The van der Waals surface area contributed by atoms with E-state index in [-0.39, 0.29) is 17.4 Å². The number of nitrogens with two attached hydrogens (primary N) is 1. The third-order valence-electron chi connectivity index (χ3n) is 6.47. The van der Waals surface area contributed by atoms with E-state index in [0.29, 0.717) is 18.8 Å². The number of fused-ring (bicyclic) bond motifs is 3. The lowest BCUT2D eigenvalue weighted by Crippen LogP contribution is -2.50. The fraction of sp³-hybridized carbons (Fsp3) is 0.318. The van der Waals surface area contributed by atoms with Crippen molar-refractivity contribution in [1.82, 2.24) is 9.88 Å². The maximum absolute atomic E-state index is 13.0. The first-order valence-electron chi connectivity index (χ1n) is 9.50. The van der Waals surface area contributed by atoms with Crippen molar-refractivity contribution in [2.24, 2.45) is 5.73 Å². The van der Waals surface area contributed by atoms with E-state index in [0.717, 1.165) is 34.9 Å². The molecule has 2 aliphatic rings. The summed E-state index contributed by atoms with van der Waals surface area (Å²) in [5.74, 6) is 0.0196. The first-order valence-corrected chi connectivity index (χ1v) is 9.50. The number of piperidine rings is 1. The van der Waals surface area contributed by atoms with Gasteiger partial charge in [-0.15, -0.1) is 0 Å². The molecule has 1 amide bonds. The van der Waals surface area contributed by atoms with E-state index in [1.54, 1.807) is 0 Å². The number of H-pyrrole nitrogens is 1. The Morgan fingerprint density at radius 3 is 2.59 bits per heavy atom. The van der Waals surface area contributed by atoms with Gasteiger partial charge in [-0.25, -0.2) is 0 Å². The molecule has 1 aromatic heterocycles. The summed E-state index contributed by atoms with van der Waals surface area (Å²) in [6, 6.07) is 17.5. The van der Waals surface area contributed by atoms with Crippen molar-refractivity contribution in [3.63, 3.8) is 0 Å². The standard InChI is InChI=1S/C22H23N3O2/c23-19-15-6-2-3-7-16(15)22(20(19)26)9-11-25(12-10-22)21(27)18-13-14-5-1-4-8-17(14)24-18/h1-8,13,19-20,24,26H,9-12,23H2/t19-,20+/m0/s1. The largest absolute Gasteiger partial charge is 0.390 e. The van der Waals surface area contributed by atoms with Gasteiger partial charge in [0.15, 0.2) is 0 Å². The van der Waals surface area contributed by atoms with Crippen LogP contribution in [0.5, 0.6) is 0 Å². The Morgan fingerprint density at radius 2 is 1.81 bits per heavy atom. The van der Waals surface area contributed by atoms with Crippen LogP contribution in [-0.2, 0) is 5.41 Å². The molecule has 5 nitrogen and oxygen atoms in total. The number of para-hydroxylation sites is 1. The summed E-state index contributed by atoms with van der Waals surface area (Å²) in [6.07, 6.45) is 0.857. The molecule has 4 N–H and O–H groups in total. The Bertz CT molecular complexity index is 984. The minimum absolute atomic E-state index is 0.0196. The van der Waals surface area contributed by atoms with Crippen LogP contribution in [0.4, 0.5) is 0 Å². The van der Waals surface area contributed by atoms with Crippen LogP contribution in [0, 0.1) is 0 Å². The molecular formula is C22H23N3O2. The number of hydrogen-bond acceptors (Lipinski definition) is 3. The lowest BCUT2D eigenvalue weighted by Gasteiger charge is -2.42. The van der Waals surface area contributed by atoms with Gasteiger partial charge in [0.05, 0.1) is 12.1 Å². The molecule has 0 bridgehead atoms. The van der Waals surface area contributed by atoms with Gasteiger partial charge in [-0.3, -0.25) is 4.79 Å². The number of amides is 1. The number of aliphatic hydroxyl groups is 1. The van der Waals surface area contributed by atoms with Gasteiger partial charge >= 0.3 is 0 Å². The minimum Gasteiger partial charge on any atom is -0.390 e. The molecule has 0 saturated carbocycles. The van der Waals surface area contributed by atoms with Gasteiger partial charge < -0.3 is 20.7 Å². The molecule has 5 heteroatoms. The van der Waals surface area contributed by atoms with E-state index in [2.05, 4.69) is 11.1 Å². The van der Waals surface area contributed by atoms with Gasteiger partial charge in [0.25, 0.3) is 5.91 Å². The predicted molar refractivity (Wildman–Crippen MR) is 104 cm³/mol. The van der Waals surface area contributed by atoms with E-state index in [4.69, 9.17) is 5.73 Å². The molecule has 0 unspecified atom stereocenters. The number of nitrogens with one attached hydrogen (secondary N) is 1. The second kappa shape index (κ2) is 5.94. The van der Waals surface area contributed by atoms with Crippen molar-refractivity contribution >= 4 is 16.8 Å². The number of aromatic nitrogens is 1. The van der Waals surface area contributed by atoms with Crippen LogP contribution >= 0.6 is 0 Å². The number of aliphatic hydroxyl groups excluding tert-OH is 1. The van der Waals surface area contributed by atoms with E-state index < -0.39 is 6.10 Å². The normalized spacial score (nSPS) is 23.7. The summed E-state index contributed by atoms with van der Waals surface area (Å²) >= 11 is 0. The molecule has 3 aromatic rings. The SMILES string of the molecule is N[C@H]1c2ccccc2C2(CCN(C(=O)c3cc4ccccc4[nH]3)CC2)[C@@H]1O. The van der Waals surface area contributed by atoms with Crippen LogP contribution < -0.4 is 5.73 Å². The fourth-order valence-electron chi connectivity index (χ4n) is 4.95. The van der Waals surface area contributed by atoms with E-state index in [9.17, 15) is 9.90 Å². The Hall–Kier alpha value is -2.63. The maximum Gasteiger partial charge on any atom is 0.270 e. The second-order valence-electron chi connectivity index (χ2n) is 7.78. The molecule has 0 radical (unpaired) electrons. The molecule has 27 heavy (non-hydrogen) atoms. The molecule has 138 valence electrons. The quantitative estimate of drug-likeness (QED) is 0.623. The van der Waals surface area contributed by atoms with Crippen molar-refractivity contribution < 1.29 is 9.90 Å². The highest BCUT2D eigenvalue weighted by molar-refractivity contribution is 5.98. The van der Waals surface area contributed by atoms with Crippen LogP contribution in [-0.4, -0.2) is 40.1 Å². The van der Waals surface area contributed by atoms with E-state index in [1.165, 1.54) is 0 Å². The number of benzene rings is 2. The molecule has 1 fully saturated rings. The average Bonchev–Trinajstić information content (AvgIpc) is 3.23. The highest BCUT2D eigenvalue weighted by Crippen LogP contribution is 2.50. The number of nitrogens with zero attached hydrogens (tertiary/aromatic N) is 1. The number of likely N-dealkylation sites (tertiary alicyclic amines) is 1. The van der Waals surface area contributed by atoms with Gasteiger partial charge in [0, 0.05) is 29.4 Å². The summed E-state index contributed by atoms with van der Waals surface area (Å²) in [7, 11) is 0. The zero-order valence-electron chi connectivity index (χ0n) is 15.1. The highest BCUT2D eigenvalue weighted by atomic mass is 16.3. The summed E-state index contributed by atoms with van der Waals surface area (Å²) in [6.45, 7) is 1.23. The molecule has 5 rings (SSSR count). The second-order valence-corrected chi connectivity index (χ2v) is 7.78. The number of rotatable bonds is 1. The molecule has 1 aliphatic heterocycles. The average molecular weight is 361 g/mol. The molecule has 1 spiro atoms. The van der Waals surface area contributed by atoms with E-state index >= 15 is 0 Å². The molecule has 1 saturated heterocycles. The number of carbonyl (C=O) groups excluding carboxylic acids is 1. The first kappa shape index (κ1) is 16.5. The van der Waals surface area contributed by atoms with Crippen LogP contribution in [0.25, 0.3) is 10.9 Å². The third kappa shape index (κ3) is 2.35. The molecule has 2 aromatic carbocycles. The summed E-state index contributed by atoms with van der Waals surface area (Å²) in [4.78, 5) is 18.1. The van der Waals surface area contributed by atoms with Gasteiger partial charge in [0.2, 0.25) is 0 Å². The molecule has 2 atom stereocenters. The fourth-order valence-corrected chi connectivity index (χ4v) is 4.95. The number of hydrogen-bond donors (Lipinski definition) is 3. The van der Waals surface area contributed by atoms with Crippen LogP contribution in [0.15, 0.2) is 54.6 Å². The highest BCUT2D eigenvalue weighted by Gasteiger charge is 2.51. The van der Waals surface area contributed by atoms with Gasteiger partial charge in [-0.1, -0.05) is 42.5 Å².